The van der Waals surface area contributed by atoms with Gasteiger partial charge in [0.1, 0.15) is 5.69 Å². The van der Waals surface area contributed by atoms with Gasteiger partial charge >= 0.3 is 0 Å². The molecular weight excluding hydrogens is 380 g/mol. The van der Waals surface area contributed by atoms with Crippen molar-refractivity contribution in [1.29, 1.82) is 0 Å². The normalized spacial score (nSPS) is 10.9. The first kappa shape index (κ1) is 17.5. The second-order valence-electron chi connectivity index (χ2n) is 6.55. The lowest BCUT2D eigenvalue weighted by Crippen LogP contribution is -1.98. The van der Waals surface area contributed by atoms with Crippen molar-refractivity contribution in [2.75, 3.05) is 0 Å². The molecule has 0 bridgehead atoms. The fourth-order valence-corrected chi connectivity index (χ4v) is 3.48. The van der Waals surface area contributed by atoms with Crippen LogP contribution in [0.25, 0.3) is 44.9 Å². The largest absolute Gasteiger partial charge is 0.227 e. The molecule has 0 atom stereocenters. The van der Waals surface area contributed by atoms with E-state index in [4.69, 9.17) is 21.6 Å². The molecule has 0 spiro atoms. The highest BCUT2D eigenvalue weighted by Crippen LogP contribution is 2.30. The maximum Gasteiger partial charge on any atom is 0.223 e. The topological polar surface area (TPSA) is 51.6 Å². The van der Waals surface area contributed by atoms with Gasteiger partial charge in [0, 0.05) is 16.5 Å². The molecule has 0 unspecified atom stereocenters. The van der Waals surface area contributed by atoms with Gasteiger partial charge in [0.2, 0.25) is 5.28 Å². The highest BCUT2D eigenvalue weighted by Gasteiger charge is 2.14. The Morgan fingerprint density at radius 2 is 1.17 bits per heavy atom. The Kier molecular flexibility index (Phi) is 4.47. The number of halogens is 1. The first-order valence-corrected chi connectivity index (χ1v) is 9.58. The number of fused-ring (bicyclic) bond motifs is 1. The average molecular weight is 395 g/mol. The van der Waals surface area contributed by atoms with E-state index in [1.54, 1.807) is 0 Å². The molecule has 0 saturated heterocycles. The maximum atomic E-state index is 6.25. The van der Waals surface area contributed by atoms with Crippen molar-refractivity contribution in [3.05, 3.63) is 96.3 Å². The molecule has 0 saturated carbocycles. The molecule has 4 nitrogen and oxygen atoms in total. The van der Waals surface area contributed by atoms with E-state index in [0.29, 0.717) is 11.5 Å². The molecule has 2 heterocycles. The Morgan fingerprint density at radius 1 is 0.552 bits per heavy atom. The van der Waals surface area contributed by atoms with Gasteiger partial charge in [0.05, 0.1) is 16.9 Å². The predicted octanol–water partition coefficient (Wildman–Crippen LogP) is 6.07. The number of rotatable bonds is 3. The van der Waals surface area contributed by atoms with E-state index in [0.717, 1.165) is 33.4 Å². The summed E-state index contributed by atoms with van der Waals surface area (Å²) in [6, 6.07) is 29.8. The zero-order valence-corrected chi connectivity index (χ0v) is 16.1. The predicted molar refractivity (Wildman–Crippen MR) is 116 cm³/mol. The highest BCUT2D eigenvalue weighted by atomic mass is 35.5. The van der Waals surface area contributed by atoms with Crippen molar-refractivity contribution < 1.29 is 0 Å². The molecule has 0 N–H and O–H groups in total. The molecule has 2 aromatic heterocycles. The highest BCUT2D eigenvalue weighted by molar-refractivity contribution is 6.28. The van der Waals surface area contributed by atoms with Gasteiger partial charge in [0.15, 0.2) is 5.82 Å². The number of aromatic nitrogens is 4. The summed E-state index contributed by atoms with van der Waals surface area (Å²) in [6.07, 6.45) is 0. The van der Waals surface area contributed by atoms with Crippen molar-refractivity contribution in [3.63, 3.8) is 0 Å². The summed E-state index contributed by atoms with van der Waals surface area (Å²) in [5.41, 5.74) is 5.03. The zero-order valence-electron chi connectivity index (χ0n) is 15.3. The molecule has 5 heteroatoms. The first-order chi connectivity index (χ1) is 14.3. The van der Waals surface area contributed by atoms with Gasteiger partial charge in [-0.05, 0) is 23.7 Å². The van der Waals surface area contributed by atoms with Crippen molar-refractivity contribution in [1.82, 2.24) is 19.9 Å². The molecule has 0 fully saturated rings. The van der Waals surface area contributed by atoms with Crippen LogP contribution in [-0.2, 0) is 0 Å². The lowest BCUT2D eigenvalue weighted by atomic mass is 10.1. The summed E-state index contributed by atoms with van der Waals surface area (Å²) in [7, 11) is 0. The molecule has 0 aliphatic carbocycles. The summed E-state index contributed by atoms with van der Waals surface area (Å²) >= 11 is 6.25. The summed E-state index contributed by atoms with van der Waals surface area (Å²) < 4.78 is 0. The van der Waals surface area contributed by atoms with Gasteiger partial charge in [-0.25, -0.2) is 19.9 Å². The summed E-state index contributed by atoms with van der Waals surface area (Å²) in [4.78, 5) is 18.4. The molecule has 0 amide bonds. The quantitative estimate of drug-likeness (QED) is 0.348. The number of benzene rings is 3. The van der Waals surface area contributed by atoms with Crippen LogP contribution in [0.15, 0.2) is 91.0 Å². The smallest absolute Gasteiger partial charge is 0.223 e. The third-order valence-electron chi connectivity index (χ3n) is 4.65. The van der Waals surface area contributed by atoms with E-state index in [2.05, 4.69) is 9.97 Å². The van der Waals surface area contributed by atoms with Crippen molar-refractivity contribution in [3.8, 4) is 34.0 Å². The van der Waals surface area contributed by atoms with E-state index >= 15 is 0 Å². The van der Waals surface area contributed by atoms with Crippen LogP contribution in [0.4, 0.5) is 0 Å². The second-order valence-corrected chi connectivity index (χ2v) is 6.89. The van der Waals surface area contributed by atoms with E-state index in [1.807, 2.05) is 91.0 Å². The number of hydrogen-bond acceptors (Lipinski definition) is 4. The number of para-hydroxylation sites is 1. The van der Waals surface area contributed by atoms with Crippen LogP contribution in [-0.4, -0.2) is 19.9 Å². The Balaban J connectivity index is 1.73. The zero-order chi connectivity index (χ0) is 19.6. The SMILES string of the molecule is Clc1nc(-c2ccccc2)cc(-c2nc(-c3ccccc3)c3ccccc3n2)n1. The number of nitrogens with zero attached hydrogens (tertiary/aromatic N) is 4. The van der Waals surface area contributed by atoms with Crippen LogP contribution in [0.2, 0.25) is 5.28 Å². The average Bonchev–Trinajstić information content (AvgIpc) is 2.79. The Labute approximate surface area is 172 Å². The van der Waals surface area contributed by atoms with Gasteiger partial charge < -0.3 is 0 Å². The van der Waals surface area contributed by atoms with Gasteiger partial charge in [-0.15, -0.1) is 0 Å². The van der Waals surface area contributed by atoms with E-state index < -0.39 is 0 Å². The van der Waals surface area contributed by atoms with Gasteiger partial charge in [-0.2, -0.15) is 0 Å². The lowest BCUT2D eigenvalue weighted by molar-refractivity contribution is 1.13. The van der Waals surface area contributed by atoms with Crippen LogP contribution in [0, 0.1) is 0 Å². The molecule has 0 radical (unpaired) electrons. The van der Waals surface area contributed by atoms with Gasteiger partial charge in [-0.3, -0.25) is 0 Å². The van der Waals surface area contributed by atoms with Gasteiger partial charge in [-0.1, -0.05) is 78.9 Å². The fourth-order valence-electron chi connectivity index (χ4n) is 3.30. The van der Waals surface area contributed by atoms with Crippen LogP contribution >= 0.6 is 11.6 Å². The van der Waals surface area contributed by atoms with E-state index in [9.17, 15) is 0 Å². The molecule has 5 rings (SSSR count). The molecule has 0 aliphatic rings. The molecule has 5 aromatic rings. The van der Waals surface area contributed by atoms with E-state index in [1.165, 1.54) is 0 Å². The minimum atomic E-state index is 0.166. The molecule has 138 valence electrons. The summed E-state index contributed by atoms with van der Waals surface area (Å²) in [6.45, 7) is 0. The second kappa shape index (κ2) is 7.41. The molecular formula is C24H15ClN4. The lowest BCUT2D eigenvalue weighted by Gasteiger charge is -2.10. The standard InChI is InChI=1S/C24H15ClN4/c25-24-27-20(16-9-3-1-4-10-16)15-21(28-24)23-26-19-14-8-7-13-18(19)22(29-23)17-11-5-2-6-12-17/h1-15H. The maximum absolute atomic E-state index is 6.25. The van der Waals surface area contributed by atoms with Crippen LogP contribution in [0.5, 0.6) is 0 Å². The summed E-state index contributed by atoms with van der Waals surface area (Å²) in [5.74, 6) is 0.518. The van der Waals surface area contributed by atoms with E-state index in [-0.39, 0.29) is 5.28 Å². The number of hydrogen-bond donors (Lipinski definition) is 0. The van der Waals surface area contributed by atoms with Crippen LogP contribution in [0.3, 0.4) is 0 Å². The fraction of sp³-hybridized carbons (Fsp3) is 0. The molecule has 3 aromatic carbocycles. The van der Waals surface area contributed by atoms with Gasteiger partial charge in [0.25, 0.3) is 0 Å². The Hall–Kier alpha value is -3.63. The Morgan fingerprint density at radius 3 is 1.93 bits per heavy atom. The third-order valence-corrected chi connectivity index (χ3v) is 4.82. The minimum Gasteiger partial charge on any atom is -0.227 e. The van der Waals surface area contributed by atoms with Crippen molar-refractivity contribution >= 4 is 22.5 Å². The Bertz CT molecular complexity index is 1300. The van der Waals surface area contributed by atoms with Crippen LogP contribution in [0.1, 0.15) is 0 Å². The monoisotopic (exact) mass is 394 g/mol. The minimum absolute atomic E-state index is 0.166. The van der Waals surface area contributed by atoms with Crippen LogP contribution < -0.4 is 0 Å². The molecule has 29 heavy (non-hydrogen) atoms. The van der Waals surface area contributed by atoms with Crippen molar-refractivity contribution in [2.24, 2.45) is 0 Å². The summed E-state index contributed by atoms with van der Waals surface area (Å²) in [5, 5.41) is 1.16. The first-order valence-electron chi connectivity index (χ1n) is 9.20. The third kappa shape index (κ3) is 3.46. The molecule has 0 aliphatic heterocycles. The van der Waals surface area contributed by atoms with Crippen molar-refractivity contribution in [2.45, 2.75) is 0 Å².